The van der Waals surface area contributed by atoms with Gasteiger partial charge in [-0.1, -0.05) is 19.1 Å². The second kappa shape index (κ2) is 7.91. The molecule has 0 unspecified atom stereocenters. The van der Waals surface area contributed by atoms with E-state index in [1.54, 1.807) is 23.5 Å². The van der Waals surface area contributed by atoms with Crippen LogP contribution >= 0.6 is 11.3 Å². The van der Waals surface area contributed by atoms with Crippen LogP contribution in [0.3, 0.4) is 0 Å². The minimum atomic E-state index is -0.974. The number of carboxylic acids is 1. The number of thiazole rings is 1. The molecule has 0 radical (unpaired) electrons. The highest BCUT2D eigenvalue weighted by molar-refractivity contribution is 7.09. The maximum Gasteiger partial charge on any atom is 0.341 e. The Kier molecular flexibility index (Phi) is 5.91. The zero-order valence-electron chi connectivity index (χ0n) is 12.8. The molecule has 1 aromatic heterocycles. The Bertz CT molecular complexity index is 610. The Balaban J connectivity index is 1.85. The topological polar surface area (TPSA) is 62.7 Å². The van der Waals surface area contributed by atoms with Crippen molar-refractivity contribution in [3.05, 3.63) is 45.9 Å². The van der Waals surface area contributed by atoms with Crippen LogP contribution in [0.5, 0.6) is 5.75 Å². The number of aliphatic carboxylic acids is 1. The zero-order chi connectivity index (χ0) is 15.9. The first kappa shape index (κ1) is 16.5. The lowest BCUT2D eigenvalue weighted by atomic mass is 10.2. The van der Waals surface area contributed by atoms with Gasteiger partial charge in [0.1, 0.15) is 5.75 Å². The third-order valence-corrected chi connectivity index (χ3v) is 4.11. The van der Waals surface area contributed by atoms with Crippen molar-refractivity contribution in [1.29, 1.82) is 0 Å². The van der Waals surface area contributed by atoms with Crippen LogP contribution < -0.4 is 4.74 Å². The van der Waals surface area contributed by atoms with Crippen LogP contribution in [0.1, 0.15) is 23.2 Å². The molecule has 1 N–H and O–H groups in total. The maximum absolute atomic E-state index is 10.4. The van der Waals surface area contributed by atoms with Gasteiger partial charge < -0.3 is 9.84 Å². The highest BCUT2D eigenvalue weighted by Gasteiger charge is 2.06. The van der Waals surface area contributed by atoms with Crippen LogP contribution in [0.15, 0.2) is 29.6 Å². The molecule has 0 aliphatic carbocycles. The summed E-state index contributed by atoms with van der Waals surface area (Å²) in [6.45, 7) is 3.41. The molecule has 22 heavy (non-hydrogen) atoms. The quantitative estimate of drug-likeness (QED) is 0.810. The summed E-state index contributed by atoms with van der Waals surface area (Å²) in [6.07, 6.45) is 0.978. The van der Waals surface area contributed by atoms with E-state index < -0.39 is 5.97 Å². The Labute approximate surface area is 134 Å². The molecule has 0 bridgehead atoms. The van der Waals surface area contributed by atoms with Crippen molar-refractivity contribution in [3.8, 4) is 5.75 Å². The van der Waals surface area contributed by atoms with Crippen molar-refractivity contribution in [2.75, 3.05) is 13.7 Å². The van der Waals surface area contributed by atoms with E-state index in [-0.39, 0.29) is 6.61 Å². The lowest BCUT2D eigenvalue weighted by Gasteiger charge is -2.15. The van der Waals surface area contributed by atoms with Gasteiger partial charge in [-0.2, -0.15) is 0 Å². The molecule has 0 atom stereocenters. The van der Waals surface area contributed by atoms with Gasteiger partial charge in [0.05, 0.1) is 10.7 Å². The van der Waals surface area contributed by atoms with E-state index in [4.69, 9.17) is 9.84 Å². The fourth-order valence-corrected chi connectivity index (χ4v) is 2.80. The van der Waals surface area contributed by atoms with E-state index >= 15 is 0 Å². The van der Waals surface area contributed by atoms with Crippen molar-refractivity contribution in [1.82, 2.24) is 9.88 Å². The van der Waals surface area contributed by atoms with Crippen LogP contribution in [0.2, 0.25) is 0 Å². The van der Waals surface area contributed by atoms with Crippen molar-refractivity contribution in [2.24, 2.45) is 0 Å². The SMILES string of the molecule is CCc1nc(CN(C)Cc2ccc(OCC(=O)O)cc2)cs1. The van der Waals surface area contributed by atoms with Gasteiger partial charge in [0, 0.05) is 18.5 Å². The smallest absolute Gasteiger partial charge is 0.341 e. The first-order valence-corrected chi connectivity index (χ1v) is 8.00. The number of ether oxygens (including phenoxy) is 1. The largest absolute Gasteiger partial charge is 0.482 e. The van der Waals surface area contributed by atoms with Gasteiger partial charge in [-0.25, -0.2) is 9.78 Å². The summed E-state index contributed by atoms with van der Waals surface area (Å²) in [7, 11) is 2.06. The molecular weight excluding hydrogens is 300 g/mol. The van der Waals surface area contributed by atoms with Gasteiger partial charge in [0.2, 0.25) is 0 Å². The first-order chi connectivity index (χ1) is 10.6. The second-order valence-corrected chi connectivity index (χ2v) is 6.03. The minimum absolute atomic E-state index is 0.317. The van der Waals surface area contributed by atoms with E-state index in [0.717, 1.165) is 30.8 Å². The molecule has 1 aromatic carbocycles. The predicted octanol–water partition coefficient (Wildman–Crippen LogP) is 2.80. The number of hydrogen-bond acceptors (Lipinski definition) is 5. The van der Waals surface area contributed by atoms with Gasteiger partial charge in [0.15, 0.2) is 6.61 Å². The number of nitrogens with zero attached hydrogens (tertiary/aromatic N) is 2. The highest BCUT2D eigenvalue weighted by atomic mass is 32.1. The van der Waals surface area contributed by atoms with E-state index in [1.165, 1.54) is 5.01 Å². The monoisotopic (exact) mass is 320 g/mol. The molecule has 0 saturated carbocycles. The maximum atomic E-state index is 10.4. The molecule has 6 heteroatoms. The van der Waals surface area contributed by atoms with Crippen molar-refractivity contribution in [3.63, 3.8) is 0 Å². The molecule has 2 rings (SSSR count). The van der Waals surface area contributed by atoms with Gasteiger partial charge >= 0.3 is 5.97 Å². The molecule has 118 valence electrons. The number of carbonyl (C=O) groups is 1. The molecule has 0 aliphatic heterocycles. The third-order valence-electron chi connectivity index (χ3n) is 3.07. The molecule has 0 saturated heterocycles. The standard InChI is InChI=1S/C16H20N2O3S/c1-3-15-17-13(11-22-15)9-18(2)8-12-4-6-14(7-5-12)21-10-16(19)20/h4-7,11H,3,8-10H2,1-2H3,(H,19,20). The fourth-order valence-electron chi connectivity index (χ4n) is 2.06. The van der Waals surface area contributed by atoms with Crippen molar-refractivity contribution in [2.45, 2.75) is 26.4 Å². The summed E-state index contributed by atoms with van der Waals surface area (Å²) in [6, 6.07) is 7.49. The summed E-state index contributed by atoms with van der Waals surface area (Å²) in [4.78, 5) is 17.2. The highest BCUT2D eigenvalue weighted by Crippen LogP contribution is 2.15. The van der Waals surface area contributed by atoms with Gasteiger partial charge in [0.25, 0.3) is 0 Å². The molecular formula is C16H20N2O3S. The number of aryl methyl sites for hydroxylation is 1. The molecule has 0 aliphatic rings. The number of carboxylic acid groups (broad SMARTS) is 1. The third kappa shape index (κ3) is 5.13. The summed E-state index contributed by atoms with van der Waals surface area (Å²) >= 11 is 1.71. The number of rotatable bonds is 8. The molecule has 0 spiro atoms. The average Bonchev–Trinajstić information content (AvgIpc) is 2.94. The Morgan fingerprint density at radius 3 is 2.64 bits per heavy atom. The van der Waals surface area contributed by atoms with Crippen LogP contribution in [-0.2, 0) is 24.3 Å². The summed E-state index contributed by atoms with van der Waals surface area (Å²) < 4.78 is 5.12. The van der Waals surface area contributed by atoms with Crippen LogP contribution in [0.4, 0.5) is 0 Å². The van der Waals surface area contributed by atoms with Crippen LogP contribution in [0.25, 0.3) is 0 Å². The van der Waals surface area contributed by atoms with Crippen molar-refractivity contribution < 1.29 is 14.6 Å². The zero-order valence-corrected chi connectivity index (χ0v) is 13.6. The minimum Gasteiger partial charge on any atom is -0.482 e. The Morgan fingerprint density at radius 1 is 1.32 bits per heavy atom. The lowest BCUT2D eigenvalue weighted by Crippen LogP contribution is -2.17. The van der Waals surface area contributed by atoms with E-state index in [0.29, 0.717) is 5.75 Å². The predicted molar refractivity (Wildman–Crippen MR) is 86.2 cm³/mol. The number of benzene rings is 1. The summed E-state index contributed by atoms with van der Waals surface area (Å²) in [5.74, 6) is -0.403. The molecule has 0 amide bonds. The molecule has 2 aromatic rings. The lowest BCUT2D eigenvalue weighted by molar-refractivity contribution is -0.139. The van der Waals surface area contributed by atoms with E-state index in [1.807, 2.05) is 12.1 Å². The van der Waals surface area contributed by atoms with Gasteiger partial charge in [-0.05, 0) is 31.2 Å². The van der Waals surface area contributed by atoms with Crippen LogP contribution in [0, 0.1) is 0 Å². The summed E-state index contributed by atoms with van der Waals surface area (Å²) in [5.41, 5.74) is 2.25. The van der Waals surface area contributed by atoms with Gasteiger partial charge in [-0.15, -0.1) is 11.3 Å². The average molecular weight is 320 g/mol. The molecule has 1 heterocycles. The van der Waals surface area contributed by atoms with Crippen LogP contribution in [-0.4, -0.2) is 34.6 Å². The number of aromatic nitrogens is 1. The first-order valence-electron chi connectivity index (χ1n) is 7.12. The summed E-state index contributed by atoms with van der Waals surface area (Å²) in [5, 5.41) is 11.9. The van der Waals surface area contributed by atoms with Crippen molar-refractivity contribution >= 4 is 17.3 Å². The second-order valence-electron chi connectivity index (χ2n) is 5.08. The van der Waals surface area contributed by atoms with Gasteiger partial charge in [-0.3, -0.25) is 4.90 Å². The van der Waals surface area contributed by atoms with E-state index in [2.05, 4.69) is 29.2 Å². The Hall–Kier alpha value is -1.92. The number of hydrogen-bond donors (Lipinski definition) is 1. The fraction of sp³-hybridized carbons (Fsp3) is 0.375. The Morgan fingerprint density at radius 2 is 2.05 bits per heavy atom. The molecule has 0 fully saturated rings. The van der Waals surface area contributed by atoms with E-state index in [9.17, 15) is 4.79 Å². The normalized spacial score (nSPS) is 10.9. The molecule has 5 nitrogen and oxygen atoms in total.